The molecule has 1 fully saturated rings. The van der Waals surface area contributed by atoms with Crippen LogP contribution < -0.4 is 5.32 Å². The van der Waals surface area contributed by atoms with Crippen molar-refractivity contribution >= 4 is 69.4 Å². The van der Waals surface area contributed by atoms with Gasteiger partial charge in [0.15, 0.2) is 0 Å². The number of phenols is 1. The third-order valence-corrected chi connectivity index (χ3v) is 6.23. The van der Waals surface area contributed by atoms with Gasteiger partial charge in [0.1, 0.15) is 10.1 Å². The van der Waals surface area contributed by atoms with Crippen molar-refractivity contribution in [2.45, 2.75) is 19.8 Å². The molecule has 1 heterocycles. The van der Waals surface area contributed by atoms with Gasteiger partial charge in [0.25, 0.3) is 5.91 Å². The van der Waals surface area contributed by atoms with Crippen molar-refractivity contribution in [3.05, 3.63) is 63.5 Å². The number of halogens is 1. The third kappa shape index (κ3) is 6.56. The average Bonchev–Trinajstić information content (AvgIpc) is 3.04. The molecule has 0 radical (unpaired) electrons. The Labute approximate surface area is 205 Å². The van der Waals surface area contributed by atoms with Gasteiger partial charge < -0.3 is 15.2 Å². The number of nitrogens with zero attached hydrogens (tertiary/aromatic N) is 1. The van der Waals surface area contributed by atoms with Crippen molar-refractivity contribution in [1.29, 1.82) is 0 Å². The van der Waals surface area contributed by atoms with E-state index < -0.39 is 5.97 Å². The lowest BCUT2D eigenvalue weighted by Gasteiger charge is -2.14. The van der Waals surface area contributed by atoms with Gasteiger partial charge in [0.2, 0.25) is 5.91 Å². The number of thiocarbonyl (C=S) groups is 1. The van der Waals surface area contributed by atoms with Crippen LogP contribution in [0, 0.1) is 0 Å². The summed E-state index contributed by atoms with van der Waals surface area (Å²) in [6.07, 6.45) is 2.15. The average molecular weight is 505 g/mol. The summed E-state index contributed by atoms with van der Waals surface area (Å²) in [5.41, 5.74) is 1.39. The molecule has 2 aromatic rings. The fourth-order valence-corrected chi connectivity index (χ4v) is 4.48. The maximum Gasteiger partial charge on any atom is 0.338 e. The number of hydrogen-bond donors (Lipinski definition) is 2. The van der Waals surface area contributed by atoms with Crippen LogP contribution in [0.2, 0.25) is 5.02 Å². The van der Waals surface area contributed by atoms with Gasteiger partial charge in [-0.25, -0.2) is 4.79 Å². The summed E-state index contributed by atoms with van der Waals surface area (Å²) >= 11 is 12.4. The van der Waals surface area contributed by atoms with E-state index >= 15 is 0 Å². The summed E-state index contributed by atoms with van der Waals surface area (Å²) in [4.78, 5) is 38.5. The highest BCUT2D eigenvalue weighted by Crippen LogP contribution is 2.34. The molecule has 2 amide bonds. The van der Waals surface area contributed by atoms with Gasteiger partial charge >= 0.3 is 5.97 Å². The minimum Gasteiger partial charge on any atom is -0.507 e. The van der Waals surface area contributed by atoms with Crippen LogP contribution in [-0.2, 0) is 14.3 Å². The molecule has 1 saturated heterocycles. The van der Waals surface area contributed by atoms with Crippen molar-refractivity contribution in [2.75, 3.05) is 18.5 Å². The highest BCUT2D eigenvalue weighted by Gasteiger charge is 2.31. The van der Waals surface area contributed by atoms with E-state index in [9.17, 15) is 19.5 Å². The molecule has 0 unspecified atom stereocenters. The number of benzene rings is 2. The minimum atomic E-state index is -0.418. The third-order valence-electron chi connectivity index (χ3n) is 4.62. The maximum atomic E-state index is 12.7. The number of hydrogen-bond acceptors (Lipinski definition) is 7. The fourth-order valence-electron chi connectivity index (χ4n) is 3.00. The maximum absolute atomic E-state index is 12.7. The smallest absolute Gasteiger partial charge is 0.338 e. The summed E-state index contributed by atoms with van der Waals surface area (Å²) in [5, 5.41) is 13.2. The van der Waals surface area contributed by atoms with Crippen LogP contribution in [0.3, 0.4) is 0 Å². The van der Waals surface area contributed by atoms with Crippen LogP contribution in [-0.4, -0.2) is 45.3 Å². The molecule has 33 heavy (non-hydrogen) atoms. The number of thioether (sulfide) groups is 1. The fraction of sp³-hybridized carbons (Fsp3) is 0.217. The normalized spacial score (nSPS) is 14.6. The predicted molar refractivity (Wildman–Crippen MR) is 133 cm³/mol. The number of carbonyl (C=O) groups excluding carboxylic acids is 3. The van der Waals surface area contributed by atoms with Crippen LogP contribution in [0.4, 0.5) is 5.69 Å². The Kier molecular flexibility index (Phi) is 8.49. The first-order valence-electron chi connectivity index (χ1n) is 10.1. The van der Waals surface area contributed by atoms with Gasteiger partial charge in [-0.05, 0) is 61.9 Å². The second kappa shape index (κ2) is 11.3. The van der Waals surface area contributed by atoms with Crippen molar-refractivity contribution < 1.29 is 24.2 Å². The number of esters is 1. The number of carbonyl (C=O) groups is 3. The monoisotopic (exact) mass is 504 g/mol. The number of rotatable bonds is 8. The standard InChI is InChI=1S/C23H21ClN2O5S2/c1-2-31-22(30)14-5-8-17(9-6-14)25-20(28)4-3-11-26-21(29)19(33-23(26)32)13-15-12-16(24)7-10-18(15)27/h5-10,12-13,27H,2-4,11H2,1H3,(H,25,28)/b19-13-. The lowest BCUT2D eigenvalue weighted by Crippen LogP contribution is -2.29. The highest BCUT2D eigenvalue weighted by atomic mass is 35.5. The molecule has 0 saturated carbocycles. The molecular weight excluding hydrogens is 484 g/mol. The van der Waals surface area contributed by atoms with E-state index in [1.807, 2.05) is 0 Å². The first-order valence-corrected chi connectivity index (χ1v) is 11.7. The van der Waals surface area contributed by atoms with E-state index in [0.29, 0.717) is 50.6 Å². The molecule has 1 aliphatic rings. The molecule has 0 bridgehead atoms. The van der Waals surface area contributed by atoms with Crippen LogP contribution >= 0.6 is 35.6 Å². The van der Waals surface area contributed by atoms with Gasteiger partial charge in [-0.2, -0.15) is 0 Å². The molecule has 1 aliphatic heterocycles. The topological polar surface area (TPSA) is 95.9 Å². The molecule has 0 atom stereocenters. The molecule has 7 nitrogen and oxygen atoms in total. The van der Waals surface area contributed by atoms with Crippen molar-refractivity contribution in [3.63, 3.8) is 0 Å². The summed E-state index contributed by atoms with van der Waals surface area (Å²) in [7, 11) is 0. The molecule has 2 aromatic carbocycles. The van der Waals surface area contributed by atoms with Crippen molar-refractivity contribution in [3.8, 4) is 5.75 Å². The van der Waals surface area contributed by atoms with Gasteiger partial charge in [0.05, 0.1) is 17.1 Å². The lowest BCUT2D eigenvalue weighted by molar-refractivity contribution is -0.122. The van der Waals surface area contributed by atoms with Crippen molar-refractivity contribution in [1.82, 2.24) is 4.90 Å². The van der Waals surface area contributed by atoms with E-state index in [1.165, 1.54) is 11.0 Å². The molecule has 10 heteroatoms. The molecule has 0 spiro atoms. The molecule has 172 valence electrons. The zero-order valence-corrected chi connectivity index (χ0v) is 20.1. The summed E-state index contributed by atoms with van der Waals surface area (Å²) in [5.74, 6) is -0.904. The molecular formula is C23H21ClN2O5S2. The summed E-state index contributed by atoms with van der Waals surface area (Å²) in [6.45, 7) is 2.31. The second-order valence-electron chi connectivity index (χ2n) is 6.99. The summed E-state index contributed by atoms with van der Waals surface area (Å²) < 4.78 is 5.32. The van der Waals surface area contributed by atoms with E-state index in [1.54, 1.807) is 49.4 Å². The van der Waals surface area contributed by atoms with Gasteiger partial charge in [0, 0.05) is 29.2 Å². The van der Waals surface area contributed by atoms with E-state index in [4.69, 9.17) is 28.6 Å². The quantitative estimate of drug-likeness (QED) is 0.301. The van der Waals surface area contributed by atoms with Gasteiger partial charge in [-0.3, -0.25) is 14.5 Å². The SMILES string of the molecule is CCOC(=O)c1ccc(NC(=O)CCCN2C(=O)/C(=C/c3cc(Cl)ccc3O)SC2=S)cc1. The van der Waals surface area contributed by atoms with E-state index in [0.717, 1.165) is 11.8 Å². The second-order valence-corrected chi connectivity index (χ2v) is 9.10. The largest absolute Gasteiger partial charge is 0.507 e. The van der Waals surface area contributed by atoms with Gasteiger partial charge in [-0.15, -0.1) is 0 Å². The van der Waals surface area contributed by atoms with Crippen LogP contribution in [0.25, 0.3) is 6.08 Å². The molecule has 0 aromatic heterocycles. The predicted octanol–water partition coefficient (Wildman–Crippen LogP) is 4.84. The Balaban J connectivity index is 1.52. The van der Waals surface area contributed by atoms with E-state index in [-0.39, 0.29) is 24.0 Å². The minimum absolute atomic E-state index is 0.0108. The highest BCUT2D eigenvalue weighted by molar-refractivity contribution is 8.26. The number of nitrogens with one attached hydrogen (secondary N) is 1. The van der Waals surface area contributed by atoms with Crippen LogP contribution in [0.5, 0.6) is 5.75 Å². The number of aromatic hydroxyl groups is 1. The first kappa shape index (κ1) is 24.8. The molecule has 3 rings (SSSR count). The van der Waals surface area contributed by atoms with Crippen LogP contribution in [0.15, 0.2) is 47.4 Å². The first-order chi connectivity index (χ1) is 15.8. The summed E-state index contributed by atoms with van der Waals surface area (Å²) in [6, 6.07) is 11.0. The Morgan fingerprint density at radius 1 is 1.24 bits per heavy atom. The van der Waals surface area contributed by atoms with Crippen LogP contribution in [0.1, 0.15) is 35.7 Å². The Hall–Kier alpha value is -2.88. The Bertz CT molecular complexity index is 1120. The lowest BCUT2D eigenvalue weighted by atomic mass is 10.2. The number of anilines is 1. The van der Waals surface area contributed by atoms with Crippen molar-refractivity contribution in [2.24, 2.45) is 0 Å². The number of amides is 2. The number of phenolic OH excluding ortho intramolecular Hbond substituents is 1. The molecule has 0 aliphatic carbocycles. The van der Waals surface area contributed by atoms with Gasteiger partial charge in [-0.1, -0.05) is 35.6 Å². The Morgan fingerprint density at radius 2 is 1.97 bits per heavy atom. The van der Waals surface area contributed by atoms with E-state index in [2.05, 4.69) is 5.32 Å². The molecule has 2 N–H and O–H groups in total. The number of ether oxygens (including phenoxy) is 1. The Morgan fingerprint density at radius 3 is 2.67 bits per heavy atom. The zero-order chi connectivity index (χ0) is 24.0. The zero-order valence-electron chi connectivity index (χ0n) is 17.7.